The van der Waals surface area contributed by atoms with E-state index in [-0.39, 0.29) is 21.5 Å². The minimum Gasteiger partial charge on any atom is -0.452 e. The van der Waals surface area contributed by atoms with E-state index in [4.69, 9.17) is 16.0 Å². The molecule has 0 spiro atoms. The molecule has 2 rings (SSSR count). The Balaban J connectivity index is 2.37. The van der Waals surface area contributed by atoms with Gasteiger partial charge in [-0.2, -0.15) is 4.31 Å². The number of alkyl halides is 1. The molecule has 0 aliphatic carbocycles. The maximum atomic E-state index is 12.5. The molecule has 1 aliphatic heterocycles. The van der Waals surface area contributed by atoms with E-state index in [1.54, 1.807) is 4.31 Å². The van der Waals surface area contributed by atoms with Crippen molar-refractivity contribution in [2.45, 2.75) is 43.0 Å². The fourth-order valence-electron chi connectivity index (χ4n) is 2.19. The Morgan fingerprint density at radius 3 is 2.83 bits per heavy atom. The Morgan fingerprint density at radius 2 is 2.28 bits per heavy atom. The molecule has 0 N–H and O–H groups in total. The van der Waals surface area contributed by atoms with E-state index < -0.39 is 10.0 Å². The fourth-order valence-corrected chi connectivity index (χ4v) is 4.99. The van der Waals surface area contributed by atoms with Gasteiger partial charge in [-0.1, -0.05) is 6.42 Å². The molecule has 1 aliphatic rings. The number of piperidine rings is 1. The summed E-state index contributed by atoms with van der Waals surface area (Å²) in [6, 6.07) is 1.53. The fraction of sp³-hybridized carbons (Fsp3) is 0.636. The van der Waals surface area contributed by atoms with Crippen LogP contribution in [0.1, 0.15) is 31.9 Å². The average Bonchev–Trinajstić information content (AvgIpc) is 2.71. The molecule has 0 saturated carbocycles. The van der Waals surface area contributed by atoms with Crippen LogP contribution in [0, 0.1) is 0 Å². The summed E-state index contributed by atoms with van der Waals surface area (Å²) in [7, 11) is -3.50. The van der Waals surface area contributed by atoms with Gasteiger partial charge in [-0.15, -0.1) is 11.6 Å². The third-order valence-electron chi connectivity index (χ3n) is 3.17. The van der Waals surface area contributed by atoms with Crippen molar-refractivity contribution in [2.24, 2.45) is 0 Å². The predicted octanol–water partition coefficient (Wildman–Crippen LogP) is 3.34. The molecule has 1 unspecified atom stereocenters. The quantitative estimate of drug-likeness (QED) is 0.780. The zero-order valence-electron chi connectivity index (χ0n) is 10.0. The van der Waals surface area contributed by atoms with E-state index in [0.29, 0.717) is 12.3 Å². The van der Waals surface area contributed by atoms with Gasteiger partial charge in [-0.3, -0.25) is 0 Å². The molecule has 7 heteroatoms. The molecule has 2 heterocycles. The summed E-state index contributed by atoms with van der Waals surface area (Å²) in [4.78, 5) is 0.173. The molecular formula is C11H15BrClNO3S. The predicted molar refractivity (Wildman–Crippen MR) is 73.2 cm³/mol. The zero-order valence-corrected chi connectivity index (χ0v) is 13.2. The van der Waals surface area contributed by atoms with Crippen molar-refractivity contribution in [3.63, 3.8) is 0 Å². The highest BCUT2D eigenvalue weighted by Gasteiger charge is 2.34. The van der Waals surface area contributed by atoms with Gasteiger partial charge in [0, 0.05) is 18.7 Å². The van der Waals surface area contributed by atoms with Crippen molar-refractivity contribution < 1.29 is 12.8 Å². The lowest BCUT2D eigenvalue weighted by atomic mass is 10.1. The maximum absolute atomic E-state index is 12.5. The second-order valence-corrected chi connectivity index (χ2v) is 7.29. The topological polar surface area (TPSA) is 50.5 Å². The third kappa shape index (κ3) is 2.61. The van der Waals surface area contributed by atoms with Crippen molar-refractivity contribution in [3.8, 4) is 0 Å². The number of halogens is 2. The van der Waals surface area contributed by atoms with E-state index in [9.17, 15) is 8.42 Å². The molecule has 1 fully saturated rings. The molecule has 0 aromatic carbocycles. The Morgan fingerprint density at radius 1 is 1.56 bits per heavy atom. The number of sulfonamides is 1. The van der Waals surface area contributed by atoms with Gasteiger partial charge >= 0.3 is 0 Å². The van der Waals surface area contributed by atoms with Gasteiger partial charge in [-0.25, -0.2) is 8.42 Å². The monoisotopic (exact) mass is 355 g/mol. The van der Waals surface area contributed by atoms with Crippen molar-refractivity contribution in [1.82, 2.24) is 4.31 Å². The normalized spacial score (nSPS) is 22.3. The van der Waals surface area contributed by atoms with Crippen molar-refractivity contribution in [1.29, 1.82) is 0 Å². The first kappa shape index (κ1) is 14.4. The van der Waals surface area contributed by atoms with Crippen LogP contribution < -0.4 is 0 Å². The zero-order chi connectivity index (χ0) is 13.3. The molecule has 0 radical (unpaired) electrons. The molecule has 1 saturated heterocycles. The van der Waals surface area contributed by atoms with Crippen LogP contribution in [0.3, 0.4) is 0 Å². The summed E-state index contributed by atoms with van der Waals surface area (Å²) >= 11 is 8.80. The molecule has 0 bridgehead atoms. The summed E-state index contributed by atoms with van der Waals surface area (Å²) in [5, 5.41) is 0. The summed E-state index contributed by atoms with van der Waals surface area (Å²) < 4.78 is 32.1. The van der Waals surface area contributed by atoms with Crippen LogP contribution in [0.2, 0.25) is 0 Å². The smallest absolute Gasteiger partial charge is 0.247 e. The molecule has 0 amide bonds. The van der Waals surface area contributed by atoms with Crippen LogP contribution >= 0.6 is 27.5 Å². The molecule has 102 valence electrons. The lowest BCUT2D eigenvalue weighted by Gasteiger charge is -2.31. The van der Waals surface area contributed by atoms with E-state index in [2.05, 4.69) is 15.9 Å². The first-order chi connectivity index (χ1) is 8.46. The van der Waals surface area contributed by atoms with Gasteiger partial charge in [-0.05, 0) is 35.7 Å². The van der Waals surface area contributed by atoms with Crippen LogP contribution in [0.15, 0.2) is 20.0 Å². The van der Waals surface area contributed by atoms with Crippen molar-refractivity contribution in [2.75, 3.05) is 6.54 Å². The highest BCUT2D eigenvalue weighted by molar-refractivity contribution is 9.10. The summed E-state index contributed by atoms with van der Waals surface area (Å²) in [6.07, 6.45) is 2.88. The highest BCUT2D eigenvalue weighted by Crippen LogP contribution is 2.32. The van der Waals surface area contributed by atoms with E-state index in [1.807, 2.05) is 6.92 Å². The number of rotatable bonds is 3. The van der Waals surface area contributed by atoms with Crippen LogP contribution in [0.4, 0.5) is 0 Å². The van der Waals surface area contributed by atoms with Crippen LogP contribution in [0.5, 0.6) is 0 Å². The molecule has 18 heavy (non-hydrogen) atoms. The standard InChI is InChI=1S/C11H15BrClNO3S/c1-8-4-2-3-5-14(8)18(15,16)10-6-9(7-13)17-11(10)12/h6,8H,2-5,7H2,1H3. The SMILES string of the molecule is CC1CCCCN1S(=O)(=O)c1cc(CCl)oc1Br. The van der Waals surface area contributed by atoms with Gasteiger partial charge in [0.25, 0.3) is 0 Å². The van der Waals surface area contributed by atoms with Crippen LogP contribution in [-0.2, 0) is 15.9 Å². The lowest BCUT2D eigenvalue weighted by molar-refractivity contribution is 0.268. The third-order valence-corrected chi connectivity index (χ3v) is 6.30. The van der Waals surface area contributed by atoms with Crippen LogP contribution in [-0.4, -0.2) is 25.3 Å². The van der Waals surface area contributed by atoms with Gasteiger partial charge < -0.3 is 4.42 Å². The van der Waals surface area contributed by atoms with E-state index in [0.717, 1.165) is 19.3 Å². The number of hydrogen-bond donors (Lipinski definition) is 0. The van der Waals surface area contributed by atoms with Crippen LogP contribution in [0.25, 0.3) is 0 Å². The highest BCUT2D eigenvalue weighted by atomic mass is 79.9. The summed E-state index contributed by atoms with van der Waals surface area (Å²) in [6.45, 7) is 2.50. The minimum atomic E-state index is -3.50. The Labute approximate surface area is 120 Å². The molecule has 1 aromatic heterocycles. The molecule has 1 aromatic rings. The average molecular weight is 357 g/mol. The first-order valence-corrected chi connectivity index (χ1v) is 8.59. The number of hydrogen-bond acceptors (Lipinski definition) is 3. The Kier molecular flexibility index (Phi) is 4.41. The summed E-state index contributed by atoms with van der Waals surface area (Å²) in [5.74, 6) is 0.607. The second kappa shape index (κ2) is 5.53. The van der Waals surface area contributed by atoms with E-state index in [1.165, 1.54) is 6.07 Å². The Hall–Kier alpha value is -0.0400. The lowest BCUT2D eigenvalue weighted by Crippen LogP contribution is -2.41. The second-order valence-electron chi connectivity index (χ2n) is 4.44. The molecule has 1 atom stereocenters. The van der Waals surface area contributed by atoms with Crippen molar-refractivity contribution in [3.05, 3.63) is 16.5 Å². The Bertz CT molecular complexity index is 528. The maximum Gasteiger partial charge on any atom is 0.247 e. The summed E-state index contributed by atoms with van der Waals surface area (Å²) in [5.41, 5.74) is 0. The number of nitrogens with zero attached hydrogens (tertiary/aromatic N) is 1. The molecule has 4 nitrogen and oxygen atoms in total. The van der Waals surface area contributed by atoms with Gasteiger partial charge in [0.1, 0.15) is 10.7 Å². The largest absolute Gasteiger partial charge is 0.452 e. The van der Waals surface area contributed by atoms with Gasteiger partial charge in [0.15, 0.2) is 4.67 Å². The van der Waals surface area contributed by atoms with Gasteiger partial charge in [0.2, 0.25) is 10.0 Å². The van der Waals surface area contributed by atoms with Gasteiger partial charge in [0.05, 0.1) is 5.88 Å². The van der Waals surface area contributed by atoms with Crippen molar-refractivity contribution >= 4 is 37.6 Å². The minimum absolute atomic E-state index is 0.0324. The first-order valence-electron chi connectivity index (χ1n) is 5.83. The number of furan rings is 1. The van der Waals surface area contributed by atoms with E-state index >= 15 is 0 Å². The molecular weight excluding hydrogens is 342 g/mol.